The predicted octanol–water partition coefficient (Wildman–Crippen LogP) is 1.86. The van der Waals surface area contributed by atoms with Gasteiger partial charge in [-0.25, -0.2) is 0 Å². The van der Waals surface area contributed by atoms with Crippen LogP contribution in [-0.2, 0) is 6.54 Å². The van der Waals surface area contributed by atoms with Gasteiger partial charge in [-0.1, -0.05) is 0 Å². The Balaban J connectivity index is 1.82. The lowest BCUT2D eigenvalue weighted by Gasteiger charge is -2.07. The number of amides is 1. The largest absolute Gasteiger partial charge is 0.497 e. The van der Waals surface area contributed by atoms with Gasteiger partial charge in [-0.15, -0.1) is 0 Å². The monoisotopic (exact) mass is 309 g/mol. The Labute approximate surface area is 132 Å². The van der Waals surface area contributed by atoms with Crippen molar-refractivity contribution in [1.82, 2.24) is 15.3 Å². The number of methoxy groups -OCH3 is 1. The number of H-pyrrole nitrogens is 1. The Bertz CT molecular complexity index is 904. The van der Waals surface area contributed by atoms with Crippen molar-refractivity contribution < 1.29 is 9.53 Å². The quantitative estimate of drug-likeness (QED) is 0.770. The number of carbonyl (C=O) groups excluding carboxylic acids is 1. The van der Waals surface area contributed by atoms with Crippen LogP contribution in [0, 0.1) is 0 Å². The minimum absolute atomic E-state index is 0.151. The number of fused-ring (bicyclic) bond motifs is 1. The van der Waals surface area contributed by atoms with E-state index in [2.05, 4.69) is 15.3 Å². The van der Waals surface area contributed by atoms with Crippen molar-refractivity contribution in [2.45, 2.75) is 6.54 Å². The first-order valence-corrected chi connectivity index (χ1v) is 7.05. The summed E-state index contributed by atoms with van der Waals surface area (Å²) in [4.78, 5) is 30.8. The highest BCUT2D eigenvalue weighted by Gasteiger charge is 2.08. The summed E-state index contributed by atoms with van der Waals surface area (Å²) in [6.07, 6.45) is 3.09. The third kappa shape index (κ3) is 3.21. The molecule has 1 aromatic carbocycles. The molecule has 23 heavy (non-hydrogen) atoms. The molecule has 0 aliphatic heterocycles. The van der Waals surface area contributed by atoms with Gasteiger partial charge in [0.1, 0.15) is 5.75 Å². The summed E-state index contributed by atoms with van der Waals surface area (Å²) in [5.74, 6) is 0.425. The molecule has 3 aromatic rings. The molecule has 0 bridgehead atoms. The van der Waals surface area contributed by atoms with Gasteiger partial charge in [-0.3, -0.25) is 14.6 Å². The van der Waals surface area contributed by atoms with Crippen LogP contribution in [0.25, 0.3) is 10.9 Å². The van der Waals surface area contributed by atoms with Crippen molar-refractivity contribution >= 4 is 16.8 Å². The van der Waals surface area contributed by atoms with Crippen molar-refractivity contribution in [3.8, 4) is 5.75 Å². The van der Waals surface area contributed by atoms with E-state index in [1.165, 1.54) is 0 Å². The second kappa shape index (κ2) is 6.31. The van der Waals surface area contributed by atoms with Gasteiger partial charge in [0, 0.05) is 36.1 Å². The SMILES string of the molecule is COc1ccc2cc(CNC(=O)c3ccncc3)c(=O)[nH]c2c1. The number of rotatable bonds is 4. The van der Waals surface area contributed by atoms with Gasteiger partial charge in [0.25, 0.3) is 11.5 Å². The van der Waals surface area contributed by atoms with E-state index in [1.807, 2.05) is 12.1 Å². The Morgan fingerprint density at radius 3 is 2.74 bits per heavy atom. The predicted molar refractivity (Wildman–Crippen MR) is 86.5 cm³/mol. The molecule has 0 radical (unpaired) electrons. The summed E-state index contributed by atoms with van der Waals surface area (Å²) in [6, 6.07) is 10.4. The van der Waals surface area contributed by atoms with Crippen molar-refractivity contribution in [2.75, 3.05) is 7.11 Å². The lowest BCUT2D eigenvalue weighted by atomic mass is 10.1. The van der Waals surface area contributed by atoms with Crippen molar-refractivity contribution in [1.29, 1.82) is 0 Å². The number of ether oxygens (including phenoxy) is 1. The number of nitrogens with zero attached hydrogens (tertiary/aromatic N) is 1. The van der Waals surface area contributed by atoms with E-state index in [0.29, 0.717) is 22.4 Å². The van der Waals surface area contributed by atoms with Gasteiger partial charge in [0.05, 0.1) is 12.6 Å². The molecule has 0 spiro atoms. The average Bonchev–Trinajstić information content (AvgIpc) is 2.60. The Morgan fingerprint density at radius 1 is 1.22 bits per heavy atom. The third-order valence-corrected chi connectivity index (χ3v) is 3.51. The lowest BCUT2D eigenvalue weighted by molar-refractivity contribution is 0.0950. The highest BCUT2D eigenvalue weighted by atomic mass is 16.5. The van der Waals surface area contributed by atoms with Gasteiger partial charge in [-0.05, 0) is 35.7 Å². The summed E-state index contributed by atoms with van der Waals surface area (Å²) in [5.41, 5.74) is 1.45. The van der Waals surface area contributed by atoms with Gasteiger partial charge in [0.15, 0.2) is 0 Å². The fourth-order valence-corrected chi connectivity index (χ4v) is 2.26. The molecule has 0 aliphatic rings. The molecular formula is C17H15N3O3. The molecular weight excluding hydrogens is 294 g/mol. The summed E-state index contributed by atoms with van der Waals surface area (Å²) >= 11 is 0. The zero-order valence-corrected chi connectivity index (χ0v) is 12.5. The van der Waals surface area contributed by atoms with Crippen LogP contribution >= 0.6 is 0 Å². The van der Waals surface area contributed by atoms with E-state index in [4.69, 9.17) is 4.74 Å². The fourth-order valence-electron chi connectivity index (χ4n) is 2.26. The number of hydrogen-bond acceptors (Lipinski definition) is 4. The molecule has 6 nitrogen and oxygen atoms in total. The van der Waals surface area contributed by atoms with E-state index in [0.717, 1.165) is 5.39 Å². The molecule has 1 amide bonds. The van der Waals surface area contributed by atoms with Crippen LogP contribution in [0.15, 0.2) is 53.6 Å². The summed E-state index contributed by atoms with van der Waals surface area (Å²) in [6.45, 7) is 0.151. The minimum Gasteiger partial charge on any atom is -0.497 e. The van der Waals surface area contributed by atoms with E-state index in [1.54, 1.807) is 43.8 Å². The maximum atomic E-state index is 12.1. The first-order valence-electron chi connectivity index (χ1n) is 7.05. The first-order chi connectivity index (χ1) is 11.2. The number of benzene rings is 1. The molecule has 116 valence electrons. The number of aromatic nitrogens is 2. The molecule has 2 N–H and O–H groups in total. The van der Waals surface area contributed by atoms with Crippen molar-refractivity contribution in [3.63, 3.8) is 0 Å². The van der Waals surface area contributed by atoms with Gasteiger partial charge >= 0.3 is 0 Å². The average molecular weight is 309 g/mol. The topological polar surface area (TPSA) is 84.1 Å². The Morgan fingerprint density at radius 2 is 2.00 bits per heavy atom. The Hall–Kier alpha value is -3.15. The van der Waals surface area contributed by atoms with Crippen LogP contribution < -0.4 is 15.6 Å². The standard InChI is InChI=1S/C17H15N3O3/c1-23-14-3-2-12-8-13(17(22)20-15(12)9-14)10-19-16(21)11-4-6-18-7-5-11/h2-9H,10H2,1H3,(H,19,21)(H,20,22). The number of carbonyl (C=O) groups is 1. The van der Waals surface area contributed by atoms with Crippen LogP contribution in [0.1, 0.15) is 15.9 Å². The molecule has 6 heteroatoms. The molecule has 0 atom stereocenters. The molecule has 0 saturated heterocycles. The number of hydrogen-bond donors (Lipinski definition) is 2. The van der Waals surface area contributed by atoms with E-state index in [-0.39, 0.29) is 18.0 Å². The van der Waals surface area contributed by atoms with E-state index in [9.17, 15) is 9.59 Å². The van der Waals surface area contributed by atoms with Crippen LogP contribution in [0.3, 0.4) is 0 Å². The highest BCUT2D eigenvalue weighted by Crippen LogP contribution is 2.18. The highest BCUT2D eigenvalue weighted by molar-refractivity contribution is 5.94. The zero-order chi connectivity index (χ0) is 16.2. The first kappa shape index (κ1) is 14.8. The van der Waals surface area contributed by atoms with E-state index >= 15 is 0 Å². The summed E-state index contributed by atoms with van der Waals surface area (Å²) < 4.78 is 5.14. The lowest BCUT2D eigenvalue weighted by Crippen LogP contribution is -2.26. The Kier molecular flexibility index (Phi) is 4.05. The van der Waals surface area contributed by atoms with Crippen LogP contribution in [0.2, 0.25) is 0 Å². The van der Waals surface area contributed by atoms with Crippen LogP contribution in [0.4, 0.5) is 0 Å². The molecule has 0 fully saturated rings. The van der Waals surface area contributed by atoms with Crippen molar-refractivity contribution in [3.05, 3.63) is 70.3 Å². The zero-order valence-electron chi connectivity index (χ0n) is 12.5. The maximum absolute atomic E-state index is 12.1. The van der Waals surface area contributed by atoms with Gasteiger partial charge in [-0.2, -0.15) is 0 Å². The van der Waals surface area contributed by atoms with E-state index < -0.39 is 0 Å². The van der Waals surface area contributed by atoms with Gasteiger partial charge in [0.2, 0.25) is 0 Å². The number of nitrogens with one attached hydrogen (secondary N) is 2. The molecule has 0 aliphatic carbocycles. The smallest absolute Gasteiger partial charge is 0.253 e. The van der Waals surface area contributed by atoms with Crippen molar-refractivity contribution in [2.24, 2.45) is 0 Å². The summed E-state index contributed by atoms with van der Waals surface area (Å²) in [5, 5.41) is 3.61. The summed E-state index contributed by atoms with van der Waals surface area (Å²) in [7, 11) is 1.57. The number of aromatic amines is 1. The molecule has 2 heterocycles. The second-order valence-corrected chi connectivity index (χ2v) is 5.00. The maximum Gasteiger partial charge on any atom is 0.253 e. The fraction of sp³-hybridized carbons (Fsp3) is 0.118. The van der Waals surface area contributed by atoms with Gasteiger partial charge < -0.3 is 15.0 Å². The molecule has 0 unspecified atom stereocenters. The molecule has 0 saturated carbocycles. The molecule has 2 aromatic heterocycles. The van der Waals surface area contributed by atoms with Crippen LogP contribution in [0.5, 0.6) is 5.75 Å². The minimum atomic E-state index is -0.248. The molecule has 3 rings (SSSR count). The number of pyridine rings is 2. The van der Waals surface area contributed by atoms with Crippen LogP contribution in [-0.4, -0.2) is 23.0 Å². The normalized spacial score (nSPS) is 10.5. The third-order valence-electron chi connectivity index (χ3n) is 3.51. The second-order valence-electron chi connectivity index (χ2n) is 5.00.